The molecule has 0 saturated heterocycles. The predicted molar refractivity (Wildman–Crippen MR) is 78.6 cm³/mol. The molecule has 0 aromatic heterocycles. The van der Waals surface area contributed by atoms with Gasteiger partial charge in [-0.1, -0.05) is 39.3 Å². The highest BCUT2D eigenvalue weighted by molar-refractivity contribution is 5.22. The van der Waals surface area contributed by atoms with Crippen LogP contribution in [0.4, 0.5) is 4.39 Å². The molecule has 2 unspecified atom stereocenters. The largest absolute Gasteiger partial charge is 0.310 e. The Balaban J connectivity index is 2.25. The van der Waals surface area contributed by atoms with Gasteiger partial charge in [0.2, 0.25) is 0 Å². The van der Waals surface area contributed by atoms with Gasteiger partial charge in [0.1, 0.15) is 5.82 Å². The first-order valence-electron chi connectivity index (χ1n) is 7.53. The van der Waals surface area contributed by atoms with Crippen molar-refractivity contribution in [2.45, 2.75) is 52.5 Å². The zero-order valence-electron chi connectivity index (χ0n) is 12.4. The Labute approximate surface area is 116 Å². The molecule has 1 nitrogen and oxygen atoms in total. The minimum Gasteiger partial charge on any atom is -0.310 e. The first-order chi connectivity index (χ1) is 9.04. The van der Waals surface area contributed by atoms with Crippen molar-refractivity contribution < 1.29 is 4.39 Å². The van der Waals surface area contributed by atoms with Crippen molar-refractivity contribution in [2.24, 2.45) is 11.3 Å². The maximum Gasteiger partial charge on any atom is 0.123 e. The number of halogens is 1. The van der Waals surface area contributed by atoms with Crippen molar-refractivity contribution in [1.29, 1.82) is 0 Å². The lowest BCUT2D eigenvalue weighted by Crippen LogP contribution is -2.34. The number of rotatable bonds is 5. The molecule has 0 heterocycles. The van der Waals surface area contributed by atoms with Crippen LogP contribution in [0.15, 0.2) is 24.3 Å². The summed E-state index contributed by atoms with van der Waals surface area (Å²) >= 11 is 0. The summed E-state index contributed by atoms with van der Waals surface area (Å²) < 4.78 is 13.5. The van der Waals surface area contributed by atoms with Gasteiger partial charge in [-0.05, 0) is 54.8 Å². The van der Waals surface area contributed by atoms with Crippen LogP contribution in [0.5, 0.6) is 0 Å². The molecule has 19 heavy (non-hydrogen) atoms. The summed E-state index contributed by atoms with van der Waals surface area (Å²) in [5.41, 5.74) is 1.45. The fourth-order valence-electron chi connectivity index (χ4n) is 3.46. The highest BCUT2D eigenvalue weighted by Gasteiger charge is 2.39. The van der Waals surface area contributed by atoms with Crippen molar-refractivity contribution in [2.75, 3.05) is 6.54 Å². The van der Waals surface area contributed by atoms with Crippen molar-refractivity contribution in [3.05, 3.63) is 35.6 Å². The number of hydrogen-bond acceptors (Lipinski definition) is 1. The summed E-state index contributed by atoms with van der Waals surface area (Å²) in [6.07, 6.45) is 4.92. The molecule has 0 radical (unpaired) electrons. The Morgan fingerprint density at radius 3 is 2.79 bits per heavy atom. The van der Waals surface area contributed by atoms with E-state index in [-0.39, 0.29) is 11.9 Å². The van der Waals surface area contributed by atoms with E-state index in [0.29, 0.717) is 11.3 Å². The molecule has 0 aliphatic heterocycles. The lowest BCUT2D eigenvalue weighted by molar-refractivity contribution is 0.197. The maximum absolute atomic E-state index is 13.5. The van der Waals surface area contributed by atoms with E-state index in [9.17, 15) is 4.39 Å². The molecule has 0 amide bonds. The molecule has 2 rings (SSSR count). The van der Waals surface area contributed by atoms with Crippen molar-refractivity contribution in [3.63, 3.8) is 0 Å². The van der Waals surface area contributed by atoms with E-state index in [1.807, 2.05) is 6.07 Å². The molecule has 106 valence electrons. The first kappa shape index (κ1) is 14.5. The molecule has 1 fully saturated rings. The van der Waals surface area contributed by atoms with E-state index in [1.165, 1.54) is 25.3 Å². The third-order valence-corrected chi connectivity index (χ3v) is 4.56. The van der Waals surface area contributed by atoms with Crippen LogP contribution in [0.1, 0.15) is 58.1 Å². The van der Waals surface area contributed by atoms with E-state index in [1.54, 1.807) is 6.07 Å². The zero-order chi connectivity index (χ0) is 13.9. The molecule has 0 bridgehead atoms. The summed E-state index contributed by atoms with van der Waals surface area (Å²) in [6.45, 7) is 7.87. The van der Waals surface area contributed by atoms with E-state index < -0.39 is 0 Å². The lowest BCUT2D eigenvalue weighted by atomic mass is 9.75. The quantitative estimate of drug-likeness (QED) is 0.812. The topological polar surface area (TPSA) is 12.0 Å². The average Bonchev–Trinajstić information content (AvgIpc) is 2.70. The number of hydrogen-bond donors (Lipinski definition) is 1. The Hall–Kier alpha value is -0.890. The van der Waals surface area contributed by atoms with Crippen LogP contribution in [-0.2, 0) is 0 Å². The highest BCUT2D eigenvalue weighted by Crippen LogP contribution is 2.48. The fraction of sp³-hybridized carbons (Fsp3) is 0.647. The van der Waals surface area contributed by atoms with Crippen LogP contribution in [0.2, 0.25) is 0 Å². The van der Waals surface area contributed by atoms with Gasteiger partial charge in [0.25, 0.3) is 0 Å². The smallest absolute Gasteiger partial charge is 0.123 e. The van der Waals surface area contributed by atoms with Gasteiger partial charge < -0.3 is 5.32 Å². The molecule has 1 N–H and O–H groups in total. The average molecular weight is 263 g/mol. The third kappa shape index (κ3) is 3.36. The summed E-state index contributed by atoms with van der Waals surface area (Å²) in [7, 11) is 0. The molecular weight excluding hydrogens is 237 g/mol. The van der Waals surface area contributed by atoms with Gasteiger partial charge in [0, 0.05) is 6.04 Å². The number of nitrogens with one attached hydrogen (secondary N) is 1. The molecule has 1 aliphatic carbocycles. The summed E-state index contributed by atoms with van der Waals surface area (Å²) in [5, 5.41) is 3.64. The zero-order valence-corrected chi connectivity index (χ0v) is 12.4. The van der Waals surface area contributed by atoms with Gasteiger partial charge in [0.05, 0.1) is 0 Å². The van der Waals surface area contributed by atoms with Crippen LogP contribution in [0.25, 0.3) is 0 Å². The van der Waals surface area contributed by atoms with Crippen LogP contribution >= 0.6 is 0 Å². The Bertz CT molecular complexity index is 413. The third-order valence-electron chi connectivity index (χ3n) is 4.56. The minimum absolute atomic E-state index is 0.128. The molecule has 2 heteroatoms. The van der Waals surface area contributed by atoms with E-state index >= 15 is 0 Å². The van der Waals surface area contributed by atoms with Gasteiger partial charge in [-0.3, -0.25) is 0 Å². The lowest BCUT2D eigenvalue weighted by Gasteiger charge is -2.35. The van der Waals surface area contributed by atoms with Gasteiger partial charge in [-0.15, -0.1) is 0 Å². The van der Waals surface area contributed by atoms with E-state index in [0.717, 1.165) is 18.5 Å². The fourth-order valence-corrected chi connectivity index (χ4v) is 3.46. The predicted octanol–water partition coefficient (Wildman–Crippen LogP) is 4.69. The van der Waals surface area contributed by atoms with Crippen molar-refractivity contribution >= 4 is 0 Å². The molecule has 0 spiro atoms. The molecule has 1 aromatic rings. The molecule has 2 atom stereocenters. The second kappa shape index (κ2) is 6.04. The van der Waals surface area contributed by atoms with Crippen molar-refractivity contribution in [1.82, 2.24) is 5.32 Å². The normalized spacial score (nSPS) is 23.5. The van der Waals surface area contributed by atoms with Gasteiger partial charge in [-0.25, -0.2) is 4.39 Å². The van der Waals surface area contributed by atoms with E-state index in [2.05, 4.69) is 32.2 Å². The SMILES string of the molecule is CCCNC(c1cccc(F)c1)C1CCCC1(C)C. The molecule has 1 aliphatic rings. The Kier molecular flexibility index (Phi) is 4.62. The minimum atomic E-state index is -0.128. The van der Waals surface area contributed by atoms with Crippen molar-refractivity contribution in [3.8, 4) is 0 Å². The second-order valence-corrected chi connectivity index (χ2v) is 6.47. The molecule has 1 saturated carbocycles. The molecule has 1 aromatic carbocycles. The van der Waals surface area contributed by atoms with Gasteiger partial charge in [0.15, 0.2) is 0 Å². The Morgan fingerprint density at radius 2 is 2.21 bits per heavy atom. The number of benzene rings is 1. The monoisotopic (exact) mass is 263 g/mol. The van der Waals surface area contributed by atoms with Crippen LogP contribution in [0.3, 0.4) is 0 Å². The summed E-state index contributed by atoms with van der Waals surface area (Å²) in [5.74, 6) is 0.470. The second-order valence-electron chi connectivity index (χ2n) is 6.47. The highest BCUT2D eigenvalue weighted by atomic mass is 19.1. The van der Waals surface area contributed by atoms with Gasteiger partial charge in [-0.2, -0.15) is 0 Å². The Morgan fingerprint density at radius 1 is 1.42 bits per heavy atom. The summed E-state index contributed by atoms with van der Waals surface area (Å²) in [6, 6.07) is 7.40. The van der Waals surface area contributed by atoms with Crippen LogP contribution < -0.4 is 5.32 Å². The van der Waals surface area contributed by atoms with Crippen LogP contribution in [0, 0.1) is 17.2 Å². The molecular formula is C17H26FN. The first-order valence-corrected chi connectivity index (χ1v) is 7.53. The van der Waals surface area contributed by atoms with E-state index in [4.69, 9.17) is 0 Å². The summed E-state index contributed by atoms with van der Waals surface area (Å²) in [4.78, 5) is 0. The standard InChI is InChI=1S/C17H26FN/c1-4-11-19-16(13-7-5-8-14(18)12-13)15-9-6-10-17(15,2)3/h5,7-8,12,15-16,19H,4,6,9-11H2,1-3H3. The van der Waals surface area contributed by atoms with Gasteiger partial charge >= 0.3 is 0 Å². The van der Waals surface area contributed by atoms with Crippen LogP contribution in [-0.4, -0.2) is 6.54 Å². The maximum atomic E-state index is 13.5.